The van der Waals surface area contributed by atoms with Crippen LogP contribution in [0.15, 0.2) is 18.2 Å². The lowest BCUT2D eigenvalue weighted by atomic mass is 9.81. The predicted octanol–water partition coefficient (Wildman–Crippen LogP) is 4.80. The van der Waals surface area contributed by atoms with Crippen molar-refractivity contribution in [1.29, 1.82) is 0 Å². The van der Waals surface area contributed by atoms with Gasteiger partial charge in [0.1, 0.15) is 0 Å². The Hall–Kier alpha value is -0.300. The molecule has 2 rings (SSSR count). The molecule has 0 amide bonds. The predicted molar refractivity (Wildman–Crippen MR) is 74.3 cm³/mol. The Morgan fingerprint density at radius 3 is 2.75 bits per heavy atom. The minimum absolute atomic E-state index is 0.507. The molecule has 0 aromatic heterocycles. The van der Waals surface area contributed by atoms with E-state index in [1.807, 2.05) is 0 Å². The summed E-state index contributed by atoms with van der Waals surface area (Å²) in [6.45, 7) is 6.86. The van der Waals surface area contributed by atoms with Gasteiger partial charge in [-0.25, -0.2) is 0 Å². The van der Waals surface area contributed by atoms with Gasteiger partial charge in [-0.05, 0) is 56.1 Å². The first kappa shape index (κ1) is 12.2. The number of benzene rings is 1. The minimum Gasteiger partial charge on any atom is -0.0890 e. The Bertz CT molecular complexity index is 383. The summed E-state index contributed by atoms with van der Waals surface area (Å²) in [5.74, 6) is 0. The van der Waals surface area contributed by atoms with Crippen molar-refractivity contribution >= 4 is 15.9 Å². The highest BCUT2D eigenvalue weighted by atomic mass is 79.9. The first-order chi connectivity index (χ1) is 7.48. The molecule has 88 valence electrons. The van der Waals surface area contributed by atoms with Gasteiger partial charge < -0.3 is 0 Å². The average Bonchev–Trinajstić information content (AvgIpc) is 2.52. The van der Waals surface area contributed by atoms with Crippen LogP contribution >= 0.6 is 15.9 Å². The van der Waals surface area contributed by atoms with Crippen LogP contribution in [0.25, 0.3) is 0 Å². The zero-order valence-corrected chi connectivity index (χ0v) is 12.1. The first-order valence-corrected chi connectivity index (χ1v) is 7.10. The fraction of sp³-hybridized carbons (Fsp3) is 0.600. The molecule has 1 aliphatic carbocycles. The van der Waals surface area contributed by atoms with Crippen LogP contribution in [-0.2, 0) is 6.42 Å². The molecule has 1 aromatic rings. The van der Waals surface area contributed by atoms with Crippen molar-refractivity contribution in [2.24, 2.45) is 5.41 Å². The van der Waals surface area contributed by atoms with Gasteiger partial charge in [0.25, 0.3) is 0 Å². The summed E-state index contributed by atoms with van der Waals surface area (Å²) in [5, 5.41) is 0. The molecular weight excluding hydrogens is 260 g/mol. The molecule has 0 saturated heterocycles. The number of hydrogen-bond acceptors (Lipinski definition) is 0. The van der Waals surface area contributed by atoms with Crippen molar-refractivity contribution in [2.75, 3.05) is 0 Å². The van der Waals surface area contributed by atoms with Crippen molar-refractivity contribution in [3.05, 3.63) is 34.9 Å². The van der Waals surface area contributed by atoms with Crippen molar-refractivity contribution < 1.29 is 0 Å². The fourth-order valence-corrected chi connectivity index (χ4v) is 3.87. The van der Waals surface area contributed by atoms with Crippen molar-refractivity contribution in [2.45, 2.75) is 51.3 Å². The monoisotopic (exact) mass is 280 g/mol. The number of alkyl halides is 1. The zero-order valence-electron chi connectivity index (χ0n) is 10.5. The molecule has 0 aliphatic heterocycles. The fourth-order valence-electron chi connectivity index (χ4n) is 2.85. The Labute approximate surface area is 108 Å². The van der Waals surface area contributed by atoms with E-state index in [1.165, 1.54) is 36.8 Å². The molecule has 0 bridgehead atoms. The zero-order chi connectivity index (χ0) is 11.8. The van der Waals surface area contributed by atoms with E-state index >= 15 is 0 Å². The van der Waals surface area contributed by atoms with Crippen LogP contribution in [-0.4, -0.2) is 4.83 Å². The van der Waals surface area contributed by atoms with E-state index in [9.17, 15) is 0 Å². The second-order valence-corrected chi connectivity index (χ2v) is 7.05. The molecule has 1 saturated carbocycles. The standard InChI is InChI=1S/C15H21Br/c1-11-4-5-12(2)13(8-11)9-15(3)7-6-14(16)10-15/h4-5,8,14H,6-7,9-10H2,1-3H3. The molecule has 1 fully saturated rings. The molecule has 0 radical (unpaired) electrons. The van der Waals surface area contributed by atoms with Crippen molar-refractivity contribution in [3.8, 4) is 0 Å². The lowest BCUT2D eigenvalue weighted by Crippen LogP contribution is -2.16. The van der Waals surface area contributed by atoms with Gasteiger partial charge in [-0.15, -0.1) is 0 Å². The summed E-state index contributed by atoms with van der Waals surface area (Å²) in [5.41, 5.74) is 4.89. The Morgan fingerprint density at radius 2 is 2.12 bits per heavy atom. The lowest BCUT2D eigenvalue weighted by molar-refractivity contribution is 0.335. The van der Waals surface area contributed by atoms with Crippen LogP contribution in [0.3, 0.4) is 0 Å². The van der Waals surface area contributed by atoms with E-state index < -0.39 is 0 Å². The van der Waals surface area contributed by atoms with E-state index in [0.29, 0.717) is 5.41 Å². The third kappa shape index (κ3) is 2.68. The normalized spacial score (nSPS) is 29.6. The maximum absolute atomic E-state index is 3.76. The van der Waals surface area contributed by atoms with Crippen molar-refractivity contribution in [3.63, 3.8) is 0 Å². The lowest BCUT2D eigenvalue weighted by Gasteiger charge is -2.25. The van der Waals surface area contributed by atoms with Crippen LogP contribution in [0.1, 0.15) is 42.9 Å². The third-order valence-corrected chi connectivity index (χ3v) is 4.68. The average molecular weight is 281 g/mol. The maximum atomic E-state index is 3.76. The Kier molecular flexibility index (Phi) is 3.44. The van der Waals surface area contributed by atoms with Crippen LogP contribution in [0.2, 0.25) is 0 Å². The molecule has 1 aromatic carbocycles. The molecule has 2 atom stereocenters. The van der Waals surface area contributed by atoms with Crippen LogP contribution in [0.5, 0.6) is 0 Å². The molecule has 0 nitrogen and oxygen atoms in total. The maximum Gasteiger partial charge on any atom is 0.0151 e. The highest BCUT2D eigenvalue weighted by molar-refractivity contribution is 9.09. The molecule has 16 heavy (non-hydrogen) atoms. The SMILES string of the molecule is Cc1ccc(C)c(CC2(C)CCC(Br)C2)c1. The largest absolute Gasteiger partial charge is 0.0890 e. The van der Waals surface area contributed by atoms with Gasteiger partial charge in [-0.3, -0.25) is 0 Å². The number of hydrogen-bond donors (Lipinski definition) is 0. The van der Waals surface area contributed by atoms with E-state index in [4.69, 9.17) is 0 Å². The quantitative estimate of drug-likeness (QED) is 0.683. The highest BCUT2D eigenvalue weighted by Gasteiger charge is 2.34. The summed E-state index contributed by atoms with van der Waals surface area (Å²) in [7, 11) is 0. The summed E-state index contributed by atoms with van der Waals surface area (Å²) < 4.78 is 0. The number of rotatable bonds is 2. The molecular formula is C15H21Br. The van der Waals surface area contributed by atoms with Gasteiger partial charge >= 0.3 is 0 Å². The van der Waals surface area contributed by atoms with Crippen LogP contribution in [0.4, 0.5) is 0 Å². The topological polar surface area (TPSA) is 0 Å². The molecule has 1 heteroatoms. The van der Waals surface area contributed by atoms with Gasteiger partial charge in [0.2, 0.25) is 0 Å². The molecule has 0 N–H and O–H groups in total. The van der Waals surface area contributed by atoms with Gasteiger partial charge in [0.05, 0.1) is 0 Å². The molecule has 2 unspecified atom stereocenters. The van der Waals surface area contributed by atoms with E-state index in [0.717, 1.165) is 4.83 Å². The molecule has 0 heterocycles. The number of aryl methyl sites for hydroxylation is 2. The van der Waals surface area contributed by atoms with Gasteiger partial charge in [0.15, 0.2) is 0 Å². The second-order valence-electron chi connectivity index (χ2n) is 5.76. The molecule has 0 spiro atoms. The third-order valence-electron chi connectivity index (χ3n) is 3.90. The highest BCUT2D eigenvalue weighted by Crippen LogP contribution is 2.43. The van der Waals surface area contributed by atoms with Crippen LogP contribution < -0.4 is 0 Å². The first-order valence-electron chi connectivity index (χ1n) is 6.19. The molecule has 1 aliphatic rings. The summed E-state index contributed by atoms with van der Waals surface area (Å²) in [4.78, 5) is 0.739. The number of halogens is 1. The summed E-state index contributed by atoms with van der Waals surface area (Å²) in [6, 6.07) is 6.83. The van der Waals surface area contributed by atoms with Gasteiger partial charge in [0, 0.05) is 4.83 Å². The van der Waals surface area contributed by atoms with Crippen molar-refractivity contribution in [1.82, 2.24) is 0 Å². The van der Waals surface area contributed by atoms with E-state index in [-0.39, 0.29) is 0 Å². The van der Waals surface area contributed by atoms with Crippen LogP contribution in [0, 0.1) is 19.3 Å². The summed E-state index contributed by atoms with van der Waals surface area (Å²) in [6.07, 6.45) is 5.25. The minimum atomic E-state index is 0.507. The Balaban J connectivity index is 2.17. The second kappa shape index (κ2) is 4.52. The smallest absolute Gasteiger partial charge is 0.0151 e. The van der Waals surface area contributed by atoms with Gasteiger partial charge in [-0.1, -0.05) is 46.6 Å². The Morgan fingerprint density at radius 1 is 1.38 bits per heavy atom. The van der Waals surface area contributed by atoms with E-state index in [1.54, 1.807) is 5.56 Å². The van der Waals surface area contributed by atoms with Gasteiger partial charge in [-0.2, -0.15) is 0 Å². The summed E-state index contributed by atoms with van der Waals surface area (Å²) >= 11 is 3.76. The van der Waals surface area contributed by atoms with E-state index in [2.05, 4.69) is 54.9 Å².